The van der Waals surface area contributed by atoms with Crippen LogP contribution in [0.5, 0.6) is 0 Å². The molecule has 2 atom stereocenters. The van der Waals surface area contributed by atoms with Crippen molar-refractivity contribution in [3.8, 4) is 0 Å². The fourth-order valence-electron chi connectivity index (χ4n) is 2.45. The lowest BCUT2D eigenvalue weighted by molar-refractivity contribution is -0.137. The second kappa shape index (κ2) is 8.55. The predicted octanol–water partition coefficient (Wildman–Crippen LogP) is 5.00. The van der Waals surface area contributed by atoms with Crippen LogP contribution < -0.4 is 4.72 Å². The molecule has 0 saturated carbocycles. The molecule has 0 aliphatic carbocycles. The molecule has 0 unspecified atom stereocenters. The van der Waals surface area contributed by atoms with E-state index in [0.717, 1.165) is 12.1 Å². The number of hydrogen-bond acceptors (Lipinski definition) is 3. The van der Waals surface area contributed by atoms with Crippen molar-refractivity contribution >= 4 is 20.8 Å². The van der Waals surface area contributed by atoms with E-state index in [1.54, 1.807) is 0 Å². The number of benzene rings is 2. The Morgan fingerprint density at radius 3 is 1.94 bits per heavy atom. The van der Waals surface area contributed by atoms with Crippen LogP contribution in [0.25, 0.3) is 0 Å². The van der Waals surface area contributed by atoms with Gasteiger partial charge in [0.1, 0.15) is 11.9 Å². The quantitative estimate of drug-likeness (QED) is 0.583. The van der Waals surface area contributed by atoms with Crippen molar-refractivity contribution < 1.29 is 39.0 Å². The lowest BCUT2D eigenvalue weighted by Gasteiger charge is -2.30. The zero-order valence-corrected chi connectivity index (χ0v) is 18.1. The van der Waals surface area contributed by atoms with Crippen LogP contribution in [0.15, 0.2) is 53.4 Å². The van der Waals surface area contributed by atoms with Crippen LogP contribution in [0.2, 0.25) is 0 Å². The summed E-state index contributed by atoms with van der Waals surface area (Å²) in [4.78, 5) is -0.791. The van der Waals surface area contributed by atoms with E-state index in [-0.39, 0.29) is 6.07 Å². The molecular weight excluding hydrogens is 468 g/mol. The van der Waals surface area contributed by atoms with Crippen LogP contribution in [0.4, 0.5) is 26.3 Å². The first-order valence-corrected chi connectivity index (χ1v) is 11.3. The van der Waals surface area contributed by atoms with Gasteiger partial charge in [-0.25, -0.2) is 21.7 Å². The summed E-state index contributed by atoms with van der Waals surface area (Å²) in [6, 6.07) is 3.55. The molecular formula is C19H19F6NO3S2. The molecule has 0 saturated heterocycles. The highest BCUT2D eigenvalue weighted by atomic mass is 32.2. The summed E-state index contributed by atoms with van der Waals surface area (Å²) in [5.41, 5.74) is -2.52. The Morgan fingerprint density at radius 1 is 0.935 bits per heavy atom. The molecule has 12 heteroatoms. The molecule has 0 amide bonds. The second-order valence-electron chi connectivity index (χ2n) is 7.54. The standard InChI is InChI=1S/C19H19F6NO3S2/c1-17(2,3)30(27)26-16(14-10-9-12(11-15(14)20)18(21,22)23)19(24,25)31(28,29)13-7-5-4-6-8-13/h4-11,16,26H,1-3H3/t16-,30+/m0/s1. The Hall–Kier alpha value is -1.92. The summed E-state index contributed by atoms with van der Waals surface area (Å²) in [6.07, 6.45) is -4.95. The molecule has 172 valence electrons. The van der Waals surface area contributed by atoms with E-state index in [2.05, 4.69) is 0 Å². The Labute approximate surface area is 178 Å². The van der Waals surface area contributed by atoms with E-state index in [0.29, 0.717) is 12.1 Å². The van der Waals surface area contributed by atoms with Crippen LogP contribution in [0.1, 0.15) is 37.9 Å². The summed E-state index contributed by atoms with van der Waals surface area (Å²) < 4.78 is 122. The van der Waals surface area contributed by atoms with Gasteiger partial charge < -0.3 is 0 Å². The highest BCUT2D eigenvalue weighted by Crippen LogP contribution is 2.42. The average molecular weight is 487 g/mol. The molecule has 0 radical (unpaired) electrons. The van der Waals surface area contributed by atoms with Gasteiger partial charge in [0.15, 0.2) is 0 Å². The second-order valence-corrected chi connectivity index (χ2v) is 11.6. The minimum atomic E-state index is -5.45. The van der Waals surface area contributed by atoms with Gasteiger partial charge >= 0.3 is 11.4 Å². The van der Waals surface area contributed by atoms with Crippen molar-refractivity contribution in [1.29, 1.82) is 0 Å². The molecule has 0 spiro atoms. The molecule has 0 bridgehead atoms. The van der Waals surface area contributed by atoms with Crippen molar-refractivity contribution in [3.63, 3.8) is 0 Å². The minimum absolute atomic E-state index is 0.0186. The van der Waals surface area contributed by atoms with Gasteiger partial charge in [-0.15, -0.1) is 0 Å². The van der Waals surface area contributed by atoms with Crippen LogP contribution in [-0.2, 0) is 27.0 Å². The maximum Gasteiger partial charge on any atom is 0.416 e. The number of hydrogen-bond donors (Lipinski definition) is 1. The molecule has 0 heterocycles. The Balaban J connectivity index is 2.68. The van der Waals surface area contributed by atoms with Crippen LogP contribution in [0.3, 0.4) is 0 Å². The van der Waals surface area contributed by atoms with Crippen molar-refractivity contribution in [1.82, 2.24) is 4.72 Å². The topological polar surface area (TPSA) is 63.2 Å². The van der Waals surface area contributed by atoms with Gasteiger partial charge in [-0.3, -0.25) is 0 Å². The molecule has 0 aromatic heterocycles. The fraction of sp³-hybridized carbons (Fsp3) is 0.368. The zero-order chi connectivity index (χ0) is 23.8. The third kappa shape index (κ3) is 5.29. The van der Waals surface area contributed by atoms with E-state index in [1.165, 1.54) is 39.0 Å². The van der Waals surface area contributed by atoms with Gasteiger partial charge in [-0.2, -0.15) is 22.0 Å². The largest absolute Gasteiger partial charge is 0.416 e. The monoisotopic (exact) mass is 487 g/mol. The van der Waals surface area contributed by atoms with Crippen molar-refractivity contribution in [3.05, 3.63) is 65.5 Å². The third-order valence-electron chi connectivity index (χ3n) is 4.17. The number of sulfone groups is 1. The average Bonchev–Trinajstić information content (AvgIpc) is 2.65. The number of alkyl halides is 5. The highest BCUT2D eigenvalue weighted by molar-refractivity contribution is 7.92. The molecule has 2 aromatic carbocycles. The SMILES string of the molecule is CC(C)(C)[S@@](=O)N[C@@H](c1ccc(C(F)(F)F)cc1F)C(F)(F)S(=O)(=O)c1ccccc1. The lowest BCUT2D eigenvalue weighted by Crippen LogP contribution is -2.47. The van der Waals surface area contributed by atoms with Crippen molar-refractivity contribution in [2.24, 2.45) is 0 Å². The van der Waals surface area contributed by atoms with E-state index >= 15 is 8.78 Å². The first-order chi connectivity index (χ1) is 14.0. The first-order valence-electron chi connectivity index (χ1n) is 8.72. The van der Waals surface area contributed by atoms with Gasteiger partial charge in [-0.1, -0.05) is 24.3 Å². The van der Waals surface area contributed by atoms with Gasteiger partial charge in [0.05, 0.1) is 26.2 Å². The molecule has 2 rings (SSSR count). The Bertz CT molecular complexity index is 1060. The zero-order valence-electron chi connectivity index (χ0n) is 16.5. The molecule has 0 aliphatic rings. The summed E-state index contributed by atoms with van der Waals surface area (Å²) in [6.45, 7) is 4.17. The van der Waals surface area contributed by atoms with Crippen LogP contribution in [0, 0.1) is 5.82 Å². The smallest absolute Gasteiger partial charge is 0.242 e. The van der Waals surface area contributed by atoms with E-state index < -0.39 is 64.9 Å². The van der Waals surface area contributed by atoms with Gasteiger partial charge in [0.25, 0.3) is 0 Å². The molecule has 4 nitrogen and oxygen atoms in total. The van der Waals surface area contributed by atoms with E-state index in [9.17, 15) is 30.2 Å². The summed E-state index contributed by atoms with van der Waals surface area (Å²) in [5.74, 6) is -1.72. The Kier molecular flexibility index (Phi) is 6.99. The minimum Gasteiger partial charge on any atom is -0.242 e. The van der Waals surface area contributed by atoms with Gasteiger partial charge in [0.2, 0.25) is 9.84 Å². The molecule has 0 aliphatic heterocycles. The predicted molar refractivity (Wildman–Crippen MR) is 104 cm³/mol. The maximum absolute atomic E-state index is 15.3. The molecule has 31 heavy (non-hydrogen) atoms. The van der Waals surface area contributed by atoms with Gasteiger partial charge in [0, 0.05) is 5.56 Å². The van der Waals surface area contributed by atoms with E-state index in [4.69, 9.17) is 0 Å². The van der Waals surface area contributed by atoms with E-state index in [1.807, 2.05) is 4.72 Å². The van der Waals surface area contributed by atoms with Crippen LogP contribution in [-0.4, -0.2) is 22.6 Å². The van der Waals surface area contributed by atoms with Crippen molar-refractivity contribution in [2.45, 2.75) is 47.9 Å². The van der Waals surface area contributed by atoms with Gasteiger partial charge in [-0.05, 0) is 45.0 Å². The number of nitrogens with one attached hydrogen (secondary N) is 1. The fourth-order valence-corrected chi connectivity index (χ4v) is 4.69. The molecule has 1 N–H and O–H groups in total. The summed E-state index contributed by atoms with van der Waals surface area (Å²) >= 11 is 0. The summed E-state index contributed by atoms with van der Waals surface area (Å²) in [5, 5.41) is -4.77. The normalized spacial score (nSPS) is 15.5. The van der Waals surface area contributed by atoms with Crippen LogP contribution >= 0.6 is 0 Å². The number of rotatable bonds is 6. The lowest BCUT2D eigenvalue weighted by atomic mass is 10.0. The summed E-state index contributed by atoms with van der Waals surface area (Å²) in [7, 11) is -7.77. The van der Waals surface area contributed by atoms with Crippen molar-refractivity contribution in [2.75, 3.05) is 0 Å². The molecule has 2 aromatic rings. The first kappa shape index (κ1) is 25.3. The number of halogens is 6. The molecule has 0 fully saturated rings. The highest BCUT2D eigenvalue weighted by Gasteiger charge is 2.55. The Morgan fingerprint density at radius 2 is 1.48 bits per heavy atom. The third-order valence-corrected chi connectivity index (χ3v) is 7.57. The maximum atomic E-state index is 15.3.